The zero-order chi connectivity index (χ0) is 20.4. The van der Waals surface area contributed by atoms with E-state index in [9.17, 15) is 14.9 Å². The first-order valence-electron chi connectivity index (χ1n) is 9.71. The number of fused-ring (bicyclic) bond motifs is 1. The van der Waals surface area contributed by atoms with Crippen molar-refractivity contribution >= 4 is 5.84 Å². The van der Waals surface area contributed by atoms with Gasteiger partial charge in [0.25, 0.3) is 5.91 Å². The Labute approximate surface area is 164 Å². The predicted octanol–water partition coefficient (Wildman–Crippen LogP) is 3.60. The highest BCUT2D eigenvalue weighted by atomic mass is 19.1. The Morgan fingerprint density at radius 1 is 1.07 bits per heavy atom. The highest BCUT2D eigenvalue weighted by Gasteiger charge is 2.93. The van der Waals surface area contributed by atoms with Crippen LogP contribution < -0.4 is 5.73 Å². The molecule has 0 amide bonds. The molecule has 6 nitrogen and oxygen atoms in total. The maximum atomic E-state index is 13.4. The molecule has 0 saturated heterocycles. The minimum atomic E-state index is -1.63. The van der Waals surface area contributed by atoms with E-state index in [4.69, 9.17) is 15.2 Å². The monoisotopic (exact) mass is 384 g/mol. The summed E-state index contributed by atoms with van der Waals surface area (Å²) in [6.07, 6.45) is 3.32. The van der Waals surface area contributed by atoms with Gasteiger partial charge in [0.1, 0.15) is 17.1 Å². The van der Waals surface area contributed by atoms with E-state index in [2.05, 4.69) is 17.1 Å². The van der Waals surface area contributed by atoms with Crippen LogP contribution in [0.2, 0.25) is 0 Å². The van der Waals surface area contributed by atoms with Crippen LogP contribution >= 0.6 is 0 Å². The Hall–Kier alpha value is -2.48. The Balaban J connectivity index is 2.08. The van der Waals surface area contributed by atoms with Gasteiger partial charge >= 0.3 is 0 Å². The summed E-state index contributed by atoms with van der Waals surface area (Å²) in [5.74, 6) is -2.58. The zero-order valence-corrected chi connectivity index (χ0v) is 16.2. The van der Waals surface area contributed by atoms with Crippen molar-refractivity contribution in [1.29, 1.82) is 10.5 Å². The van der Waals surface area contributed by atoms with E-state index < -0.39 is 28.5 Å². The molecule has 0 radical (unpaired) electrons. The third kappa shape index (κ3) is 2.54. The summed E-state index contributed by atoms with van der Waals surface area (Å²) < 4.78 is 25.5. The van der Waals surface area contributed by atoms with Crippen LogP contribution in [-0.2, 0) is 9.47 Å². The summed E-state index contributed by atoms with van der Waals surface area (Å²) in [5, 5.41) is 20.3. The summed E-state index contributed by atoms with van der Waals surface area (Å²) in [5.41, 5.74) is 4.10. The molecule has 2 aliphatic rings. The number of nitrogens with zero attached hydrogens (tertiary/aromatic N) is 3. The first kappa shape index (κ1) is 20.3. The summed E-state index contributed by atoms with van der Waals surface area (Å²) in [7, 11) is 0. The van der Waals surface area contributed by atoms with Crippen LogP contribution in [-0.4, -0.2) is 25.0 Å². The number of amidine groups is 1. The lowest BCUT2D eigenvalue weighted by atomic mass is 9.93. The molecule has 3 unspecified atom stereocenters. The molecule has 3 atom stereocenters. The smallest absolute Gasteiger partial charge is 0.293 e. The number of ether oxygens (including phenoxy) is 2. The van der Waals surface area contributed by atoms with Gasteiger partial charge in [-0.25, -0.2) is 9.38 Å². The molecule has 3 rings (SSSR count). The van der Waals surface area contributed by atoms with Gasteiger partial charge in [0.15, 0.2) is 5.41 Å². The average molecular weight is 384 g/mol. The third-order valence-electron chi connectivity index (χ3n) is 5.72. The second-order valence-electron chi connectivity index (χ2n) is 7.31. The first-order chi connectivity index (χ1) is 13.5. The van der Waals surface area contributed by atoms with Gasteiger partial charge in [-0.3, -0.25) is 0 Å². The summed E-state index contributed by atoms with van der Waals surface area (Å²) >= 11 is 0. The van der Waals surface area contributed by atoms with Crippen LogP contribution in [0.3, 0.4) is 0 Å². The Morgan fingerprint density at radius 3 is 2.11 bits per heavy atom. The van der Waals surface area contributed by atoms with Gasteiger partial charge < -0.3 is 15.2 Å². The molecule has 2 N–H and O–H groups in total. The number of aliphatic imine (C=N–C) groups is 1. The quantitative estimate of drug-likeness (QED) is 0.517. The van der Waals surface area contributed by atoms with Crippen molar-refractivity contribution < 1.29 is 13.9 Å². The largest absolute Gasteiger partial charge is 0.386 e. The summed E-state index contributed by atoms with van der Waals surface area (Å²) in [6.45, 7) is 4.72. The topological polar surface area (TPSA) is 104 Å². The number of unbranched alkanes of at least 4 members (excludes halogenated alkanes) is 2. The molecule has 1 aliphatic carbocycles. The third-order valence-corrected chi connectivity index (χ3v) is 5.72. The predicted molar refractivity (Wildman–Crippen MR) is 101 cm³/mol. The molecule has 1 aromatic rings. The SMILES string of the molecule is CCCCOC1(OCCCC)N=C(N)C2(C#N)C(c3ccc(F)cc3)C12C#N. The Kier molecular flexibility index (Phi) is 5.43. The number of rotatable bonds is 9. The molecule has 1 fully saturated rings. The molecule has 148 valence electrons. The van der Waals surface area contributed by atoms with E-state index in [0.29, 0.717) is 18.8 Å². The normalized spacial score (nSPS) is 29.5. The number of hydrogen-bond acceptors (Lipinski definition) is 6. The summed E-state index contributed by atoms with van der Waals surface area (Å²) in [4.78, 5) is 4.40. The highest BCUT2D eigenvalue weighted by Crippen LogP contribution is 2.82. The number of hydrogen-bond donors (Lipinski definition) is 1. The minimum absolute atomic E-state index is 0.0406. The number of nitrogens with two attached hydrogens (primary N) is 1. The van der Waals surface area contributed by atoms with Gasteiger partial charge in [-0.1, -0.05) is 38.8 Å². The van der Waals surface area contributed by atoms with E-state index in [1.54, 1.807) is 12.1 Å². The van der Waals surface area contributed by atoms with Gasteiger partial charge in [0.2, 0.25) is 0 Å². The molecular formula is C21H25FN4O2. The van der Waals surface area contributed by atoms with Gasteiger partial charge in [-0.05, 0) is 30.5 Å². The molecular weight excluding hydrogens is 359 g/mol. The molecule has 28 heavy (non-hydrogen) atoms. The van der Waals surface area contributed by atoms with Crippen LogP contribution in [0.4, 0.5) is 4.39 Å². The lowest BCUT2D eigenvalue weighted by molar-refractivity contribution is -0.260. The second-order valence-corrected chi connectivity index (χ2v) is 7.31. The second kappa shape index (κ2) is 7.50. The fourth-order valence-electron chi connectivity index (χ4n) is 4.22. The van der Waals surface area contributed by atoms with Gasteiger partial charge in [-0.15, -0.1) is 0 Å². The maximum absolute atomic E-state index is 13.4. The fourth-order valence-corrected chi connectivity index (χ4v) is 4.22. The average Bonchev–Trinajstić information content (AvgIpc) is 3.27. The molecule has 1 aromatic carbocycles. The van der Waals surface area contributed by atoms with Gasteiger partial charge in [-0.2, -0.15) is 10.5 Å². The number of halogens is 1. The van der Waals surface area contributed by atoms with Crippen LogP contribution in [0.1, 0.15) is 51.0 Å². The fraction of sp³-hybridized carbons (Fsp3) is 0.571. The van der Waals surface area contributed by atoms with Crippen LogP contribution in [0.5, 0.6) is 0 Å². The van der Waals surface area contributed by atoms with Crippen LogP contribution in [0, 0.1) is 39.3 Å². The van der Waals surface area contributed by atoms with Crippen molar-refractivity contribution in [3.63, 3.8) is 0 Å². The first-order valence-corrected chi connectivity index (χ1v) is 9.71. The van der Waals surface area contributed by atoms with Crippen molar-refractivity contribution in [1.82, 2.24) is 0 Å². The van der Waals surface area contributed by atoms with Gasteiger partial charge in [0.05, 0.1) is 25.4 Å². The molecule has 1 heterocycles. The van der Waals surface area contributed by atoms with Gasteiger partial charge in [0, 0.05) is 5.92 Å². The molecule has 1 saturated carbocycles. The van der Waals surface area contributed by atoms with Crippen LogP contribution in [0.15, 0.2) is 29.3 Å². The molecule has 0 aromatic heterocycles. The van der Waals surface area contributed by atoms with E-state index in [1.165, 1.54) is 12.1 Å². The lowest BCUT2D eigenvalue weighted by Crippen LogP contribution is -2.44. The summed E-state index contributed by atoms with van der Waals surface area (Å²) in [6, 6.07) is 10.3. The van der Waals surface area contributed by atoms with Crippen LogP contribution in [0.25, 0.3) is 0 Å². The highest BCUT2D eigenvalue weighted by molar-refractivity contribution is 6.00. The maximum Gasteiger partial charge on any atom is 0.293 e. The standard InChI is InChI=1S/C21H25FN4O2/c1-3-5-11-27-21(28-12-6-4-2)20(14-24)17(15-7-9-16(22)10-8-15)19(20,13-23)18(25)26-21/h7-10,17H,3-6,11-12H2,1-2H3,(H2,25,26). The number of nitriles is 2. The van der Waals surface area contributed by atoms with Crippen molar-refractivity contribution in [2.24, 2.45) is 21.6 Å². The minimum Gasteiger partial charge on any atom is -0.386 e. The van der Waals surface area contributed by atoms with Crippen molar-refractivity contribution in [3.05, 3.63) is 35.6 Å². The van der Waals surface area contributed by atoms with E-state index in [1.807, 2.05) is 13.8 Å². The molecule has 7 heteroatoms. The zero-order valence-electron chi connectivity index (χ0n) is 16.2. The molecule has 1 aliphatic heterocycles. The molecule has 0 spiro atoms. The van der Waals surface area contributed by atoms with Crippen molar-refractivity contribution in [3.8, 4) is 12.1 Å². The van der Waals surface area contributed by atoms with Crippen molar-refractivity contribution in [2.45, 2.75) is 51.4 Å². The van der Waals surface area contributed by atoms with E-state index in [0.717, 1.165) is 25.7 Å². The van der Waals surface area contributed by atoms with Crippen molar-refractivity contribution in [2.75, 3.05) is 13.2 Å². The number of benzene rings is 1. The Morgan fingerprint density at radius 2 is 1.64 bits per heavy atom. The van der Waals surface area contributed by atoms with E-state index in [-0.39, 0.29) is 5.84 Å². The van der Waals surface area contributed by atoms with E-state index >= 15 is 0 Å². The lowest BCUT2D eigenvalue weighted by Gasteiger charge is -2.32. The Bertz CT molecular complexity index is 831. The molecule has 0 bridgehead atoms.